The zero-order chi connectivity index (χ0) is 11.5. The smallest absolute Gasteiger partial charge is 0.323 e. The van der Waals surface area contributed by atoms with Gasteiger partial charge in [-0.15, -0.1) is 10.0 Å². The van der Waals surface area contributed by atoms with Gasteiger partial charge in [0.1, 0.15) is 6.04 Å². The van der Waals surface area contributed by atoms with E-state index in [1.165, 1.54) is 5.54 Å². The third-order valence-electron chi connectivity index (χ3n) is 2.53. The molecule has 0 aliphatic heterocycles. The van der Waals surface area contributed by atoms with Crippen molar-refractivity contribution >= 4 is 16.9 Å². The molecule has 0 saturated heterocycles. The summed E-state index contributed by atoms with van der Waals surface area (Å²) in [4.78, 5) is 13.7. The fourth-order valence-corrected chi connectivity index (χ4v) is 1.69. The standard InChI is InChI=1S/C11H11FN2O2/c12-14-10(11(15)16)5-7-6-13-9-4-2-1-3-8(7)9/h1-4,6,10,13-14H,5H2,(H,15,16)/t10-/m0/s1. The molecule has 16 heavy (non-hydrogen) atoms. The summed E-state index contributed by atoms with van der Waals surface area (Å²) in [7, 11) is 0. The van der Waals surface area contributed by atoms with E-state index in [1.807, 2.05) is 24.3 Å². The van der Waals surface area contributed by atoms with Crippen LogP contribution in [0.5, 0.6) is 0 Å². The largest absolute Gasteiger partial charge is 0.480 e. The number of carboxylic acids is 1. The van der Waals surface area contributed by atoms with E-state index >= 15 is 0 Å². The van der Waals surface area contributed by atoms with Crippen molar-refractivity contribution in [2.75, 3.05) is 0 Å². The Kier molecular flexibility index (Phi) is 2.87. The first-order valence-corrected chi connectivity index (χ1v) is 4.86. The minimum atomic E-state index is -1.21. The fourth-order valence-electron chi connectivity index (χ4n) is 1.69. The highest BCUT2D eigenvalue weighted by molar-refractivity contribution is 5.84. The normalized spacial score (nSPS) is 12.8. The van der Waals surface area contributed by atoms with Gasteiger partial charge in [0.25, 0.3) is 0 Å². The van der Waals surface area contributed by atoms with Crippen LogP contribution >= 0.6 is 0 Å². The third-order valence-corrected chi connectivity index (χ3v) is 2.53. The van der Waals surface area contributed by atoms with Crippen molar-refractivity contribution in [1.29, 1.82) is 0 Å². The van der Waals surface area contributed by atoms with Crippen LogP contribution in [0.4, 0.5) is 4.48 Å². The molecular formula is C11H11FN2O2. The number of benzene rings is 1. The predicted octanol–water partition coefficient (Wildman–Crippen LogP) is 1.64. The SMILES string of the molecule is O=C(O)[C@H](Cc1c[nH]c2ccccc12)NF. The molecule has 0 radical (unpaired) electrons. The lowest BCUT2D eigenvalue weighted by Gasteiger charge is -2.07. The van der Waals surface area contributed by atoms with Crippen LogP contribution < -0.4 is 5.54 Å². The molecule has 84 valence electrons. The maximum Gasteiger partial charge on any atom is 0.323 e. The van der Waals surface area contributed by atoms with Crippen molar-refractivity contribution in [3.63, 3.8) is 0 Å². The maximum absolute atomic E-state index is 12.3. The quantitative estimate of drug-likeness (QED) is 0.689. The average Bonchev–Trinajstić information content (AvgIpc) is 2.69. The lowest BCUT2D eigenvalue weighted by molar-refractivity contribution is -0.140. The number of H-pyrrole nitrogens is 1. The Balaban J connectivity index is 2.30. The number of aliphatic carboxylic acids is 1. The van der Waals surface area contributed by atoms with Gasteiger partial charge >= 0.3 is 5.97 Å². The van der Waals surface area contributed by atoms with Crippen LogP contribution in [0.1, 0.15) is 5.56 Å². The van der Waals surface area contributed by atoms with Crippen LogP contribution in [0.15, 0.2) is 30.5 Å². The molecule has 0 unspecified atom stereocenters. The number of carbonyl (C=O) groups is 1. The van der Waals surface area contributed by atoms with E-state index in [1.54, 1.807) is 6.20 Å². The molecule has 0 aliphatic rings. The van der Waals surface area contributed by atoms with Crippen LogP contribution in [0.2, 0.25) is 0 Å². The molecule has 2 aromatic rings. The van der Waals surface area contributed by atoms with E-state index in [-0.39, 0.29) is 6.42 Å². The van der Waals surface area contributed by atoms with E-state index in [4.69, 9.17) is 5.11 Å². The maximum atomic E-state index is 12.3. The first kappa shape index (κ1) is 10.6. The Morgan fingerprint density at radius 1 is 1.50 bits per heavy atom. The second-order valence-electron chi connectivity index (χ2n) is 3.56. The number of carboxylic acid groups (broad SMARTS) is 1. The lowest BCUT2D eigenvalue weighted by atomic mass is 10.1. The number of para-hydroxylation sites is 1. The lowest BCUT2D eigenvalue weighted by Crippen LogP contribution is -2.33. The molecule has 2 rings (SSSR count). The summed E-state index contributed by atoms with van der Waals surface area (Å²) in [5, 5.41) is 9.65. The molecule has 0 amide bonds. The summed E-state index contributed by atoms with van der Waals surface area (Å²) in [5.41, 5.74) is 2.99. The Labute approximate surface area is 91.0 Å². The molecule has 0 bridgehead atoms. The summed E-state index contributed by atoms with van der Waals surface area (Å²) in [6.07, 6.45) is 1.81. The minimum Gasteiger partial charge on any atom is -0.480 e. The molecule has 4 nitrogen and oxygen atoms in total. The van der Waals surface area contributed by atoms with Crippen LogP contribution in [-0.4, -0.2) is 22.1 Å². The molecule has 5 heteroatoms. The number of rotatable bonds is 4. The van der Waals surface area contributed by atoms with Crippen molar-refractivity contribution in [2.45, 2.75) is 12.5 Å². The van der Waals surface area contributed by atoms with Gasteiger partial charge in [0.2, 0.25) is 0 Å². The van der Waals surface area contributed by atoms with E-state index < -0.39 is 12.0 Å². The molecule has 0 aliphatic carbocycles. The molecular weight excluding hydrogens is 211 g/mol. The first-order valence-electron chi connectivity index (χ1n) is 4.86. The number of halogens is 1. The van der Waals surface area contributed by atoms with E-state index in [9.17, 15) is 9.28 Å². The van der Waals surface area contributed by atoms with Gasteiger partial charge in [0.05, 0.1) is 0 Å². The molecule has 1 heterocycles. The minimum absolute atomic E-state index is 0.107. The second kappa shape index (κ2) is 4.32. The van der Waals surface area contributed by atoms with Crippen LogP contribution in [0, 0.1) is 0 Å². The van der Waals surface area contributed by atoms with Crippen molar-refractivity contribution in [2.24, 2.45) is 0 Å². The summed E-state index contributed by atoms with van der Waals surface area (Å²) in [6, 6.07) is 6.29. The molecule has 1 atom stereocenters. The molecule has 1 aromatic carbocycles. The van der Waals surface area contributed by atoms with Gasteiger partial charge < -0.3 is 10.1 Å². The molecule has 1 aromatic heterocycles. The number of aromatic amines is 1. The van der Waals surface area contributed by atoms with E-state index in [0.29, 0.717) is 0 Å². The van der Waals surface area contributed by atoms with Gasteiger partial charge in [0.15, 0.2) is 0 Å². The van der Waals surface area contributed by atoms with Crippen LogP contribution in [0.25, 0.3) is 10.9 Å². The fraction of sp³-hybridized carbons (Fsp3) is 0.182. The number of hydrogen-bond donors (Lipinski definition) is 3. The van der Waals surface area contributed by atoms with Gasteiger partial charge in [-0.1, -0.05) is 18.2 Å². The summed E-state index contributed by atoms with van der Waals surface area (Å²) in [6.45, 7) is 0. The van der Waals surface area contributed by atoms with E-state index in [2.05, 4.69) is 4.98 Å². The topological polar surface area (TPSA) is 65.1 Å². The van der Waals surface area contributed by atoms with Crippen molar-refractivity contribution < 1.29 is 14.4 Å². The number of nitrogens with one attached hydrogen (secondary N) is 2. The first-order chi connectivity index (χ1) is 7.72. The second-order valence-corrected chi connectivity index (χ2v) is 3.56. The van der Waals surface area contributed by atoms with Gasteiger partial charge in [-0.2, -0.15) is 0 Å². The van der Waals surface area contributed by atoms with Crippen molar-refractivity contribution in [3.8, 4) is 0 Å². The highest BCUT2D eigenvalue weighted by atomic mass is 19.2. The van der Waals surface area contributed by atoms with Gasteiger partial charge in [-0.25, -0.2) is 0 Å². The Bertz CT molecular complexity index is 509. The monoisotopic (exact) mass is 222 g/mol. The highest BCUT2D eigenvalue weighted by Gasteiger charge is 2.18. The summed E-state index contributed by atoms with van der Waals surface area (Å²) < 4.78 is 12.3. The zero-order valence-electron chi connectivity index (χ0n) is 8.40. The number of fused-ring (bicyclic) bond motifs is 1. The van der Waals surface area contributed by atoms with Crippen LogP contribution in [-0.2, 0) is 11.2 Å². The summed E-state index contributed by atoms with van der Waals surface area (Å²) >= 11 is 0. The molecule has 0 saturated carbocycles. The zero-order valence-corrected chi connectivity index (χ0v) is 8.40. The summed E-state index contributed by atoms with van der Waals surface area (Å²) in [5.74, 6) is -1.20. The van der Waals surface area contributed by atoms with Crippen molar-refractivity contribution in [1.82, 2.24) is 10.5 Å². The number of hydrogen-bond acceptors (Lipinski definition) is 2. The average molecular weight is 222 g/mol. The third kappa shape index (κ3) is 1.90. The Hall–Kier alpha value is -1.88. The van der Waals surface area contributed by atoms with Gasteiger partial charge in [-0.05, 0) is 11.6 Å². The van der Waals surface area contributed by atoms with Crippen LogP contribution in [0.3, 0.4) is 0 Å². The van der Waals surface area contributed by atoms with Crippen molar-refractivity contribution in [3.05, 3.63) is 36.0 Å². The van der Waals surface area contributed by atoms with Gasteiger partial charge in [-0.3, -0.25) is 4.79 Å². The molecule has 3 N–H and O–H groups in total. The number of aromatic nitrogens is 1. The van der Waals surface area contributed by atoms with Gasteiger partial charge in [0, 0.05) is 23.5 Å². The Morgan fingerprint density at radius 3 is 2.94 bits per heavy atom. The molecule has 0 spiro atoms. The Morgan fingerprint density at radius 2 is 2.25 bits per heavy atom. The van der Waals surface area contributed by atoms with E-state index in [0.717, 1.165) is 16.5 Å². The molecule has 0 fully saturated rings. The highest BCUT2D eigenvalue weighted by Crippen LogP contribution is 2.19. The predicted molar refractivity (Wildman–Crippen MR) is 57.7 cm³/mol.